The Morgan fingerprint density at radius 1 is 1.00 bits per heavy atom. The molecule has 3 heterocycles. The number of fused-ring (bicyclic) bond motifs is 1. The molecule has 0 fully saturated rings. The first-order chi connectivity index (χ1) is 13.2. The first-order valence-electron chi connectivity index (χ1n) is 9.05. The second-order valence-corrected chi connectivity index (χ2v) is 6.48. The fraction of sp³-hybridized carbons (Fsp3) is 0.238. The van der Waals surface area contributed by atoms with Crippen LogP contribution >= 0.6 is 0 Å². The van der Waals surface area contributed by atoms with E-state index in [0.29, 0.717) is 5.82 Å². The second-order valence-electron chi connectivity index (χ2n) is 6.48. The van der Waals surface area contributed by atoms with Crippen molar-refractivity contribution in [2.24, 2.45) is 0 Å². The van der Waals surface area contributed by atoms with Gasteiger partial charge in [0.25, 0.3) is 0 Å². The monoisotopic (exact) mass is 359 g/mol. The lowest BCUT2D eigenvalue weighted by Gasteiger charge is -2.11. The lowest BCUT2D eigenvalue weighted by molar-refractivity contribution is 0.392. The minimum Gasteiger partial charge on any atom is -0.369 e. The van der Waals surface area contributed by atoms with Gasteiger partial charge in [-0.1, -0.05) is 17.3 Å². The van der Waals surface area contributed by atoms with Gasteiger partial charge >= 0.3 is 0 Å². The van der Waals surface area contributed by atoms with Gasteiger partial charge in [-0.15, -0.1) is 0 Å². The number of benzene rings is 1. The molecule has 0 saturated carbocycles. The number of para-hydroxylation sites is 1. The number of hydrogen-bond donors (Lipinski definition) is 1. The Morgan fingerprint density at radius 2 is 1.81 bits per heavy atom. The van der Waals surface area contributed by atoms with Gasteiger partial charge in [-0.3, -0.25) is 4.98 Å². The summed E-state index contributed by atoms with van der Waals surface area (Å²) in [5.74, 6) is 2.45. The number of aryl methyl sites for hydroxylation is 2. The van der Waals surface area contributed by atoms with Gasteiger partial charge in [0, 0.05) is 35.5 Å². The third-order valence-corrected chi connectivity index (χ3v) is 4.62. The van der Waals surface area contributed by atoms with Crippen molar-refractivity contribution >= 4 is 16.7 Å². The molecule has 0 spiro atoms. The first-order valence-corrected chi connectivity index (χ1v) is 9.05. The van der Waals surface area contributed by atoms with Crippen LogP contribution in [0.5, 0.6) is 0 Å². The second kappa shape index (κ2) is 7.53. The summed E-state index contributed by atoms with van der Waals surface area (Å²) in [7, 11) is 0. The van der Waals surface area contributed by atoms with E-state index in [4.69, 9.17) is 14.5 Å². The van der Waals surface area contributed by atoms with Crippen molar-refractivity contribution in [2.75, 3.05) is 11.9 Å². The maximum atomic E-state index is 5.24. The summed E-state index contributed by atoms with van der Waals surface area (Å²) in [6, 6.07) is 11.9. The average Bonchev–Trinajstić information content (AvgIpc) is 3.03. The highest BCUT2D eigenvalue weighted by molar-refractivity contribution is 5.90. The van der Waals surface area contributed by atoms with Crippen LogP contribution in [-0.4, -0.2) is 26.7 Å². The van der Waals surface area contributed by atoms with Crippen LogP contribution in [0.15, 0.2) is 53.3 Å². The molecule has 0 radical (unpaired) electrons. The summed E-state index contributed by atoms with van der Waals surface area (Å²) in [5.41, 5.74) is 4.05. The molecule has 6 nitrogen and oxygen atoms in total. The van der Waals surface area contributed by atoms with Crippen LogP contribution < -0.4 is 5.32 Å². The molecule has 1 aromatic carbocycles. The molecule has 6 heteroatoms. The summed E-state index contributed by atoms with van der Waals surface area (Å²) in [6.07, 6.45) is 5.40. The first kappa shape index (κ1) is 17.1. The lowest BCUT2D eigenvalue weighted by Crippen LogP contribution is -2.07. The van der Waals surface area contributed by atoms with Crippen molar-refractivity contribution < 1.29 is 4.52 Å². The minimum absolute atomic E-state index is 0.698. The summed E-state index contributed by atoms with van der Waals surface area (Å²) in [5, 5.41) is 8.52. The van der Waals surface area contributed by atoms with Gasteiger partial charge < -0.3 is 9.84 Å². The maximum absolute atomic E-state index is 5.24. The van der Waals surface area contributed by atoms with Crippen molar-refractivity contribution in [1.29, 1.82) is 0 Å². The molecule has 1 N–H and O–H groups in total. The Hall–Kier alpha value is -3.28. The van der Waals surface area contributed by atoms with Crippen molar-refractivity contribution in [3.63, 3.8) is 0 Å². The number of anilines is 1. The third-order valence-electron chi connectivity index (χ3n) is 4.62. The van der Waals surface area contributed by atoms with Crippen molar-refractivity contribution in [3.8, 4) is 11.4 Å². The van der Waals surface area contributed by atoms with Gasteiger partial charge in [0.15, 0.2) is 5.82 Å². The number of rotatable bonds is 6. The van der Waals surface area contributed by atoms with E-state index < -0.39 is 0 Å². The van der Waals surface area contributed by atoms with Crippen molar-refractivity contribution in [3.05, 3.63) is 65.8 Å². The highest BCUT2D eigenvalue weighted by Gasteiger charge is 2.10. The zero-order valence-corrected chi connectivity index (χ0v) is 15.4. The molecule has 0 atom stereocenters. The zero-order chi connectivity index (χ0) is 18.6. The van der Waals surface area contributed by atoms with Gasteiger partial charge in [-0.2, -0.15) is 0 Å². The fourth-order valence-corrected chi connectivity index (χ4v) is 3.17. The smallest absolute Gasteiger partial charge is 0.162 e. The molecule has 0 saturated heterocycles. The normalized spacial score (nSPS) is 11.0. The van der Waals surface area contributed by atoms with E-state index in [0.717, 1.165) is 53.1 Å². The van der Waals surface area contributed by atoms with Gasteiger partial charge in [-0.25, -0.2) is 9.97 Å². The predicted molar refractivity (Wildman–Crippen MR) is 106 cm³/mol. The Balaban J connectivity index is 1.55. The molecule has 0 unspecified atom stereocenters. The summed E-state index contributed by atoms with van der Waals surface area (Å²) in [6.45, 7) is 4.75. The van der Waals surface area contributed by atoms with E-state index in [1.165, 1.54) is 5.56 Å². The molecule has 0 aliphatic carbocycles. The topological polar surface area (TPSA) is 76.7 Å². The summed E-state index contributed by atoms with van der Waals surface area (Å²) >= 11 is 0. The van der Waals surface area contributed by atoms with Crippen LogP contribution in [0, 0.1) is 13.8 Å². The van der Waals surface area contributed by atoms with E-state index in [1.807, 2.05) is 50.2 Å². The molecule has 0 aliphatic rings. The average molecular weight is 359 g/mol. The standard InChI is InChI=1S/C21H21N5O/c1-14-17(15(2)27-26-14)7-5-11-23-21-18-6-3-4-8-19(18)24-20(25-21)16-9-12-22-13-10-16/h3-4,6,8-10,12-13H,5,7,11H2,1-2H3,(H,23,24,25). The minimum atomic E-state index is 0.698. The van der Waals surface area contributed by atoms with Crippen LogP contribution in [-0.2, 0) is 6.42 Å². The summed E-state index contributed by atoms with van der Waals surface area (Å²) < 4.78 is 5.24. The molecular weight excluding hydrogens is 338 g/mol. The van der Waals surface area contributed by atoms with Crippen molar-refractivity contribution in [1.82, 2.24) is 20.1 Å². The Bertz CT molecular complexity index is 1040. The van der Waals surface area contributed by atoms with E-state index >= 15 is 0 Å². The van der Waals surface area contributed by atoms with Crippen LogP contribution in [0.25, 0.3) is 22.3 Å². The molecule has 27 heavy (non-hydrogen) atoms. The Labute approximate surface area is 157 Å². The highest BCUT2D eigenvalue weighted by atomic mass is 16.5. The molecule has 0 amide bonds. The highest BCUT2D eigenvalue weighted by Crippen LogP contribution is 2.24. The number of nitrogens with zero attached hydrogens (tertiary/aromatic N) is 4. The van der Waals surface area contributed by atoms with Crippen molar-refractivity contribution in [2.45, 2.75) is 26.7 Å². The largest absolute Gasteiger partial charge is 0.369 e. The quantitative estimate of drug-likeness (QED) is 0.516. The number of nitrogens with one attached hydrogen (secondary N) is 1. The van der Waals surface area contributed by atoms with Gasteiger partial charge in [0.05, 0.1) is 11.2 Å². The van der Waals surface area contributed by atoms with Gasteiger partial charge in [0.1, 0.15) is 11.6 Å². The predicted octanol–water partition coefficient (Wildman–Crippen LogP) is 4.34. The Morgan fingerprint density at radius 3 is 2.59 bits per heavy atom. The SMILES string of the molecule is Cc1noc(C)c1CCCNc1nc(-c2ccncc2)nc2ccccc12. The number of pyridine rings is 1. The van der Waals surface area contributed by atoms with Crippen LogP contribution in [0.3, 0.4) is 0 Å². The number of hydrogen-bond acceptors (Lipinski definition) is 6. The van der Waals surface area contributed by atoms with E-state index in [1.54, 1.807) is 12.4 Å². The summed E-state index contributed by atoms with van der Waals surface area (Å²) in [4.78, 5) is 13.5. The van der Waals surface area contributed by atoms with Crippen LogP contribution in [0.4, 0.5) is 5.82 Å². The van der Waals surface area contributed by atoms with Gasteiger partial charge in [-0.05, 0) is 51.0 Å². The lowest BCUT2D eigenvalue weighted by atomic mass is 10.1. The van der Waals surface area contributed by atoms with Crippen LogP contribution in [0.2, 0.25) is 0 Å². The zero-order valence-electron chi connectivity index (χ0n) is 15.4. The molecule has 0 aliphatic heterocycles. The molecule has 4 aromatic rings. The van der Waals surface area contributed by atoms with Gasteiger partial charge in [0.2, 0.25) is 0 Å². The molecule has 0 bridgehead atoms. The fourth-order valence-electron chi connectivity index (χ4n) is 3.17. The van der Waals surface area contributed by atoms with E-state index in [9.17, 15) is 0 Å². The van der Waals surface area contributed by atoms with E-state index in [2.05, 4.69) is 15.5 Å². The maximum Gasteiger partial charge on any atom is 0.162 e. The molecular formula is C21H21N5O. The molecule has 4 rings (SSSR count). The third kappa shape index (κ3) is 3.65. The molecule has 3 aromatic heterocycles. The number of aromatic nitrogens is 4. The molecule has 136 valence electrons. The Kier molecular flexibility index (Phi) is 4.78. The van der Waals surface area contributed by atoms with Crippen LogP contribution in [0.1, 0.15) is 23.4 Å². The van der Waals surface area contributed by atoms with E-state index in [-0.39, 0.29) is 0 Å².